The number of carbonyl (C=O) groups excluding carboxylic acids is 1. The van der Waals surface area contributed by atoms with Crippen LogP contribution in [0.15, 0.2) is 35.3 Å². The topological polar surface area (TPSA) is 87.2 Å². The molecule has 1 aromatic rings. The van der Waals surface area contributed by atoms with Crippen LogP contribution >= 0.6 is 24.0 Å². The number of carbonyl (C=O) groups is 1. The van der Waals surface area contributed by atoms with E-state index in [-0.39, 0.29) is 47.7 Å². The number of aliphatic imine (C=N–C) groups is 1. The van der Waals surface area contributed by atoms with E-state index in [0.29, 0.717) is 13.1 Å². The summed E-state index contributed by atoms with van der Waals surface area (Å²) in [6, 6.07) is 11.1. The lowest BCUT2D eigenvalue weighted by atomic mass is 9.88. The number of hydrogen-bond acceptors (Lipinski definition) is 5. The fourth-order valence-electron chi connectivity index (χ4n) is 4.40. The minimum atomic E-state index is -0.249. The Labute approximate surface area is 208 Å². The summed E-state index contributed by atoms with van der Waals surface area (Å²) in [7, 11) is 3.23. The number of hydrogen-bond donors (Lipinski definition) is 3. The molecule has 0 radical (unpaired) electrons. The molecule has 1 unspecified atom stereocenters. The molecule has 180 valence electrons. The van der Waals surface area contributed by atoms with Gasteiger partial charge >= 0.3 is 6.09 Å². The van der Waals surface area contributed by atoms with Crippen LogP contribution in [0.5, 0.6) is 0 Å². The molecule has 0 bridgehead atoms. The van der Waals surface area contributed by atoms with Gasteiger partial charge in [0.1, 0.15) is 0 Å². The number of halogens is 1. The van der Waals surface area contributed by atoms with Crippen molar-refractivity contribution >= 4 is 36.0 Å². The smallest absolute Gasteiger partial charge is 0.409 e. The fraction of sp³-hybridized carbons (Fsp3) is 0.652. The van der Waals surface area contributed by atoms with Crippen molar-refractivity contribution < 1.29 is 14.3 Å². The third-order valence-electron chi connectivity index (χ3n) is 6.36. The number of amides is 1. The van der Waals surface area contributed by atoms with Gasteiger partial charge in [-0.1, -0.05) is 30.3 Å². The molecule has 0 spiro atoms. The SMILES string of the molecule is CN=C(NCC1(NC(C)c2ccccc2)CCOCC1)NC1CCN(C(=O)OC)CC1.I. The van der Waals surface area contributed by atoms with Crippen LogP contribution in [-0.4, -0.2) is 75.5 Å². The predicted molar refractivity (Wildman–Crippen MR) is 138 cm³/mol. The molecule has 1 aromatic carbocycles. The fourth-order valence-corrected chi connectivity index (χ4v) is 4.40. The van der Waals surface area contributed by atoms with Crippen molar-refractivity contribution in [2.75, 3.05) is 47.0 Å². The van der Waals surface area contributed by atoms with E-state index in [1.165, 1.54) is 12.7 Å². The zero-order chi connectivity index (χ0) is 22.1. The van der Waals surface area contributed by atoms with E-state index in [1.54, 1.807) is 11.9 Å². The van der Waals surface area contributed by atoms with E-state index < -0.39 is 0 Å². The van der Waals surface area contributed by atoms with E-state index in [1.807, 2.05) is 6.07 Å². The number of rotatable bonds is 6. The van der Waals surface area contributed by atoms with E-state index >= 15 is 0 Å². The summed E-state index contributed by atoms with van der Waals surface area (Å²) in [5.74, 6) is 0.802. The predicted octanol–water partition coefficient (Wildman–Crippen LogP) is 2.90. The second-order valence-electron chi connectivity index (χ2n) is 8.47. The maximum atomic E-state index is 11.7. The first-order valence-corrected chi connectivity index (χ1v) is 11.3. The number of benzene rings is 1. The third kappa shape index (κ3) is 7.48. The molecule has 8 nitrogen and oxygen atoms in total. The van der Waals surface area contributed by atoms with E-state index in [0.717, 1.165) is 51.4 Å². The number of piperidine rings is 1. The van der Waals surface area contributed by atoms with Gasteiger partial charge < -0.3 is 30.3 Å². The maximum absolute atomic E-state index is 11.7. The van der Waals surface area contributed by atoms with Gasteiger partial charge in [-0.3, -0.25) is 4.99 Å². The lowest BCUT2D eigenvalue weighted by Crippen LogP contribution is -2.59. The Morgan fingerprint density at radius 2 is 1.91 bits per heavy atom. The average molecular weight is 559 g/mol. The number of methoxy groups -OCH3 is 1. The summed E-state index contributed by atoms with van der Waals surface area (Å²) in [4.78, 5) is 17.9. The molecule has 2 aliphatic heterocycles. The highest BCUT2D eigenvalue weighted by atomic mass is 127. The number of ether oxygens (including phenoxy) is 2. The van der Waals surface area contributed by atoms with Crippen LogP contribution in [0.4, 0.5) is 4.79 Å². The van der Waals surface area contributed by atoms with Crippen molar-refractivity contribution in [3.8, 4) is 0 Å². The first-order chi connectivity index (χ1) is 15.0. The maximum Gasteiger partial charge on any atom is 0.409 e. The number of guanidine groups is 1. The molecule has 2 fully saturated rings. The average Bonchev–Trinajstić information content (AvgIpc) is 2.82. The molecule has 2 saturated heterocycles. The molecule has 2 aliphatic rings. The van der Waals surface area contributed by atoms with Crippen LogP contribution in [0.25, 0.3) is 0 Å². The van der Waals surface area contributed by atoms with Crippen LogP contribution in [0, 0.1) is 0 Å². The van der Waals surface area contributed by atoms with Gasteiger partial charge in [-0.25, -0.2) is 4.79 Å². The van der Waals surface area contributed by atoms with Gasteiger partial charge in [0.15, 0.2) is 5.96 Å². The minimum Gasteiger partial charge on any atom is -0.453 e. The first kappa shape index (κ1) is 26.7. The quantitative estimate of drug-likeness (QED) is 0.283. The highest BCUT2D eigenvalue weighted by Crippen LogP contribution is 2.25. The monoisotopic (exact) mass is 559 g/mol. The molecule has 0 aliphatic carbocycles. The molecule has 1 amide bonds. The minimum absolute atomic E-state index is 0. The molecule has 3 rings (SSSR count). The van der Waals surface area contributed by atoms with Gasteiger partial charge in [0.2, 0.25) is 0 Å². The van der Waals surface area contributed by atoms with Crippen molar-refractivity contribution in [2.45, 2.75) is 50.2 Å². The van der Waals surface area contributed by atoms with E-state index in [9.17, 15) is 4.79 Å². The molecule has 9 heteroatoms. The number of likely N-dealkylation sites (tertiary alicyclic amines) is 1. The Bertz CT molecular complexity index is 720. The van der Waals surface area contributed by atoms with Gasteiger partial charge in [0.05, 0.1) is 7.11 Å². The van der Waals surface area contributed by atoms with Crippen molar-refractivity contribution in [3.63, 3.8) is 0 Å². The Hall–Kier alpha value is -1.59. The van der Waals surface area contributed by atoms with E-state index in [2.05, 4.69) is 52.1 Å². The lowest BCUT2D eigenvalue weighted by molar-refractivity contribution is 0.0354. The summed E-state index contributed by atoms with van der Waals surface area (Å²) >= 11 is 0. The molecule has 32 heavy (non-hydrogen) atoms. The van der Waals surface area contributed by atoms with Crippen molar-refractivity contribution in [1.29, 1.82) is 0 Å². The molecule has 2 heterocycles. The van der Waals surface area contributed by atoms with Gasteiger partial charge in [0.25, 0.3) is 0 Å². The third-order valence-corrected chi connectivity index (χ3v) is 6.36. The van der Waals surface area contributed by atoms with Crippen LogP contribution in [0.3, 0.4) is 0 Å². The van der Waals surface area contributed by atoms with Gasteiger partial charge in [0, 0.05) is 57.5 Å². The van der Waals surface area contributed by atoms with Crippen molar-refractivity contribution in [1.82, 2.24) is 20.9 Å². The molecule has 1 atom stereocenters. The summed E-state index contributed by atoms with van der Waals surface area (Å²) in [5.41, 5.74) is 1.23. The molecule has 3 N–H and O–H groups in total. The molecular weight excluding hydrogens is 521 g/mol. The van der Waals surface area contributed by atoms with Crippen LogP contribution in [0.1, 0.15) is 44.2 Å². The number of nitrogens with zero attached hydrogens (tertiary/aromatic N) is 2. The van der Waals surface area contributed by atoms with Crippen LogP contribution in [-0.2, 0) is 9.47 Å². The Morgan fingerprint density at radius 1 is 1.25 bits per heavy atom. The van der Waals surface area contributed by atoms with Gasteiger partial charge in [-0.2, -0.15) is 0 Å². The van der Waals surface area contributed by atoms with Crippen molar-refractivity contribution in [2.24, 2.45) is 4.99 Å². The zero-order valence-electron chi connectivity index (χ0n) is 19.4. The second kappa shape index (κ2) is 13.2. The summed E-state index contributed by atoms with van der Waals surface area (Å²) in [6.45, 7) is 5.89. The molecule has 0 saturated carbocycles. The molecular formula is C23H38IN5O3. The highest BCUT2D eigenvalue weighted by Gasteiger charge is 2.34. The Balaban J connectivity index is 0.00000363. The normalized spacial score (nSPS) is 20.1. The Kier molecular flexibility index (Phi) is 11.0. The largest absolute Gasteiger partial charge is 0.453 e. The number of nitrogens with one attached hydrogen (secondary N) is 3. The van der Waals surface area contributed by atoms with Crippen molar-refractivity contribution in [3.05, 3.63) is 35.9 Å². The highest BCUT2D eigenvalue weighted by molar-refractivity contribution is 14.0. The van der Waals surface area contributed by atoms with Gasteiger partial charge in [-0.05, 0) is 38.2 Å². The van der Waals surface area contributed by atoms with E-state index in [4.69, 9.17) is 9.47 Å². The zero-order valence-corrected chi connectivity index (χ0v) is 21.8. The Morgan fingerprint density at radius 3 is 2.50 bits per heavy atom. The van der Waals surface area contributed by atoms with Gasteiger partial charge in [-0.15, -0.1) is 24.0 Å². The summed E-state index contributed by atoms with van der Waals surface area (Å²) < 4.78 is 10.5. The standard InChI is InChI=1S/C23H37N5O3.HI/c1-18(19-7-5-4-6-8-19)27-23(11-15-31-16-12-23)17-25-21(24-2)26-20-9-13-28(14-10-20)22(29)30-3;/h4-8,18,20,27H,9-17H2,1-3H3,(H2,24,25,26);1H. The lowest BCUT2D eigenvalue weighted by Gasteiger charge is -2.41. The van der Waals surface area contributed by atoms with Crippen LogP contribution in [0.2, 0.25) is 0 Å². The first-order valence-electron chi connectivity index (χ1n) is 11.3. The summed E-state index contributed by atoms with van der Waals surface area (Å²) in [5, 5.41) is 10.9. The molecule has 0 aromatic heterocycles. The second-order valence-corrected chi connectivity index (χ2v) is 8.47. The van der Waals surface area contributed by atoms with Crippen LogP contribution < -0.4 is 16.0 Å². The summed E-state index contributed by atoms with van der Waals surface area (Å²) in [6.07, 6.45) is 3.40.